The third-order valence-corrected chi connectivity index (χ3v) is 3.36. The van der Waals surface area contributed by atoms with E-state index < -0.39 is 5.38 Å². The average Bonchev–Trinajstić information content (AvgIpc) is 2.17. The van der Waals surface area contributed by atoms with Gasteiger partial charge in [-0.1, -0.05) is 35.0 Å². The van der Waals surface area contributed by atoms with Gasteiger partial charge in [0.1, 0.15) is 5.38 Å². The highest BCUT2D eigenvalue weighted by atomic mass is 79.9. The summed E-state index contributed by atoms with van der Waals surface area (Å²) in [4.78, 5) is 11.1. The van der Waals surface area contributed by atoms with Crippen molar-refractivity contribution in [2.45, 2.75) is 25.6 Å². The molecule has 0 aliphatic carbocycles. The Morgan fingerprint density at radius 1 is 1.57 bits per heavy atom. The molecule has 0 aromatic heterocycles. The maximum Gasteiger partial charge on any atom is 0.152 e. The van der Waals surface area contributed by atoms with Crippen molar-refractivity contribution in [3.05, 3.63) is 33.8 Å². The fourth-order valence-electron chi connectivity index (χ4n) is 1.23. The van der Waals surface area contributed by atoms with Gasteiger partial charge in [-0.15, -0.1) is 11.6 Å². The topological polar surface area (TPSA) is 17.1 Å². The van der Waals surface area contributed by atoms with E-state index in [1.54, 1.807) is 0 Å². The van der Waals surface area contributed by atoms with Crippen molar-refractivity contribution < 1.29 is 4.79 Å². The molecule has 1 unspecified atom stereocenters. The minimum absolute atomic E-state index is 0.0272. The predicted octanol–water partition coefficient (Wildman–Crippen LogP) is 3.88. The van der Waals surface area contributed by atoms with Gasteiger partial charge in [0, 0.05) is 4.47 Å². The van der Waals surface area contributed by atoms with Crippen molar-refractivity contribution in [3.8, 4) is 0 Å². The molecule has 0 heterocycles. The molecule has 1 nitrogen and oxygen atoms in total. The van der Waals surface area contributed by atoms with E-state index in [1.165, 1.54) is 12.5 Å². The Morgan fingerprint density at radius 3 is 2.71 bits per heavy atom. The second-order valence-corrected chi connectivity index (χ2v) is 4.47. The van der Waals surface area contributed by atoms with Gasteiger partial charge in [0.05, 0.1) is 0 Å². The first-order valence-corrected chi connectivity index (χ1v) is 5.72. The zero-order valence-electron chi connectivity index (χ0n) is 8.18. The number of alkyl halides is 1. The molecule has 1 atom stereocenters. The fraction of sp³-hybridized carbons (Fsp3) is 0.364. The molecule has 0 radical (unpaired) electrons. The van der Waals surface area contributed by atoms with Crippen LogP contribution in [0.25, 0.3) is 0 Å². The molecule has 0 amide bonds. The van der Waals surface area contributed by atoms with Crippen LogP contribution in [-0.4, -0.2) is 5.78 Å². The van der Waals surface area contributed by atoms with Crippen LogP contribution in [0.2, 0.25) is 0 Å². The normalized spacial score (nSPS) is 12.6. The van der Waals surface area contributed by atoms with E-state index in [0.717, 1.165) is 16.5 Å². The summed E-state index contributed by atoms with van der Waals surface area (Å²) in [5, 5.41) is -0.545. The van der Waals surface area contributed by atoms with Crippen molar-refractivity contribution in [1.82, 2.24) is 0 Å². The fourth-order valence-corrected chi connectivity index (χ4v) is 2.01. The zero-order chi connectivity index (χ0) is 10.7. The average molecular weight is 276 g/mol. The van der Waals surface area contributed by atoms with Crippen molar-refractivity contribution in [1.29, 1.82) is 0 Å². The van der Waals surface area contributed by atoms with Crippen LogP contribution in [0, 0.1) is 0 Å². The van der Waals surface area contributed by atoms with Crippen LogP contribution >= 0.6 is 27.5 Å². The van der Waals surface area contributed by atoms with Gasteiger partial charge >= 0.3 is 0 Å². The molecule has 0 spiro atoms. The van der Waals surface area contributed by atoms with Gasteiger partial charge in [0.15, 0.2) is 5.78 Å². The number of ketones is 1. The molecule has 0 aliphatic heterocycles. The Labute approximate surface area is 97.6 Å². The Hall–Kier alpha value is -0.340. The van der Waals surface area contributed by atoms with Crippen LogP contribution in [0.1, 0.15) is 30.4 Å². The summed E-state index contributed by atoms with van der Waals surface area (Å²) in [5.74, 6) is -0.0272. The number of hydrogen-bond acceptors (Lipinski definition) is 1. The molecule has 0 bridgehead atoms. The second kappa shape index (κ2) is 4.94. The molecule has 0 fully saturated rings. The largest absolute Gasteiger partial charge is 0.298 e. The summed E-state index contributed by atoms with van der Waals surface area (Å²) >= 11 is 9.39. The van der Waals surface area contributed by atoms with E-state index in [0.29, 0.717) is 0 Å². The molecular weight excluding hydrogens is 263 g/mol. The Bertz CT molecular complexity index is 349. The molecule has 1 aromatic rings. The van der Waals surface area contributed by atoms with Crippen LogP contribution in [0.5, 0.6) is 0 Å². The first-order valence-electron chi connectivity index (χ1n) is 4.49. The molecule has 0 saturated carbocycles. The molecule has 3 heteroatoms. The van der Waals surface area contributed by atoms with Crippen molar-refractivity contribution in [2.24, 2.45) is 0 Å². The summed E-state index contributed by atoms with van der Waals surface area (Å²) in [5.41, 5.74) is 2.05. The highest BCUT2D eigenvalue weighted by Gasteiger charge is 2.16. The Balaban J connectivity index is 3.11. The van der Waals surface area contributed by atoms with E-state index in [2.05, 4.69) is 22.9 Å². The van der Waals surface area contributed by atoms with Gasteiger partial charge in [-0.25, -0.2) is 0 Å². The van der Waals surface area contributed by atoms with E-state index in [1.807, 2.05) is 18.2 Å². The maximum absolute atomic E-state index is 11.1. The van der Waals surface area contributed by atoms with Gasteiger partial charge in [-0.2, -0.15) is 0 Å². The van der Waals surface area contributed by atoms with Gasteiger partial charge < -0.3 is 0 Å². The molecule has 0 aliphatic rings. The quantitative estimate of drug-likeness (QED) is 0.765. The zero-order valence-corrected chi connectivity index (χ0v) is 10.5. The SMILES string of the molecule is CCc1ccc(Br)c(C(Cl)C(C)=O)c1. The first-order chi connectivity index (χ1) is 6.56. The molecule has 14 heavy (non-hydrogen) atoms. The Kier molecular flexibility index (Phi) is 4.14. The van der Waals surface area contributed by atoms with Crippen LogP contribution in [-0.2, 0) is 11.2 Å². The van der Waals surface area contributed by atoms with Gasteiger partial charge in [-0.3, -0.25) is 4.79 Å². The molecular formula is C11H12BrClO. The molecule has 1 aromatic carbocycles. The lowest BCUT2D eigenvalue weighted by molar-refractivity contribution is -0.116. The summed E-state index contributed by atoms with van der Waals surface area (Å²) in [7, 11) is 0. The van der Waals surface area contributed by atoms with Gasteiger partial charge in [0.25, 0.3) is 0 Å². The predicted molar refractivity (Wildman–Crippen MR) is 62.8 cm³/mol. The number of carbonyl (C=O) groups is 1. The number of aryl methyl sites for hydroxylation is 1. The molecule has 0 N–H and O–H groups in total. The lowest BCUT2D eigenvalue weighted by Crippen LogP contribution is -2.03. The van der Waals surface area contributed by atoms with Crippen LogP contribution in [0.15, 0.2) is 22.7 Å². The third kappa shape index (κ3) is 2.58. The lowest BCUT2D eigenvalue weighted by atomic mass is 10.0. The van der Waals surface area contributed by atoms with Crippen LogP contribution in [0.3, 0.4) is 0 Å². The number of carbonyl (C=O) groups excluding carboxylic acids is 1. The minimum atomic E-state index is -0.545. The molecule has 76 valence electrons. The highest BCUT2D eigenvalue weighted by Crippen LogP contribution is 2.29. The summed E-state index contributed by atoms with van der Waals surface area (Å²) in [6.45, 7) is 3.58. The monoisotopic (exact) mass is 274 g/mol. The Morgan fingerprint density at radius 2 is 2.21 bits per heavy atom. The summed E-state index contributed by atoms with van der Waals surface area (Å²) < 4.78 is 0.893. The molecule has 0 saturated heterocycles. The number of hydrogen-bond donors (Lipinski definition) is 0. The smallest absolute Gasteiger partial charge is 0.152 e. The maximum atomic E-state index is 11.1. The number of benzene rings is 1. The number of rotatable bonds is 3. The standard InChI is InChI=1S/C11H12BrClO/c1-3-8-4-5-10(12)9(6-8)11(13)7(2)14/h4-6,11H,3H2,1-2H3. The minimum Gasteiger partial charge on any atom is -0.298 e. The van der Waals surface area contributed by atoms with Gasteiger partial charge in [-0.05, 0) is 30.5 Å². The van der Waals surface area contributed by atoms with E-state index in [9.17, 15) is 4.79 Å². The van der Waals surface area contributed by atoms with Gasteiger partial charge in [0.2, 0.25) is 0 Å². The van der Waals surface area contributed by atoms with E-state index in [-0.39, 0.29) is 5.78 Å². The van der Waals surface area contributed by atoms with E-state index in [4.69, 9.17) is 11.6 Å². The van der Waals surface area contributed by atoms with Crippen molar-refractivity contribution >= 4 is 33.3 Å². The first kappa shape index (κ1) is 11.7. The van der Waals surface area contributed by atoms with Crippen LogP contribution in [0.4, 0.5) is 0 Å². The third-order valence-electron chi connectivity index (χ3n) is 2.10. The number of Topliss-reactive ketones (excluding diaryl/α,β-unsaturated/α-hetero) is 1. The summed E-state index contributed by atoms with van der Waals surface area (Å²) in [6.07, 6.45) is 0.946. The summed E-state index contributed by atoms with van der Waals surface area (Å²) in [6, 6.07) is 5.94. The molecule has 1 rings (SSSR count). The number of halogens is 2. The van der Waals surface area contributed by atoms with Crippen molar-refractivity contribution in [3.63, 3.8) is 0 Å². The van der Waals surface area contributed by atoms with Crippen LogP contribution < -0.4 is 0 Å². The van der Waals surface area contributed by atoms with Crippen molar-refractivity contribution in [2.75, 3.05) is 0 Å². The second-order valence-electron chi connectivity index (χ2n) is 3.18. The highest BCUT2D eigenvalue weighted by molar-refractivity contribution is 9.10. The van der Waals surface area contributed by atoms with E-state index >= 15 is 0 Å². The lowest BCUT2D eigenvalue weighted by Gasteiger charge is -2.10.